The van der Waals surface area contributed by atoms with Crippen LogP contribution in [0.15, 0.2) is 30.3 Å². The summed E-state index contributed by atoms with van der Waals surface area (Å²) in [4.78, 5) is 0. The van der Waals surface area contributed by atoms with E-state index < -0.39 is 0 Å². The lowest BCUT2D eigenvalue weighted by Gasteiger charge is -2.10. The highest BCUT2D eigenvalue weighted by Crippen LogP contribution is 2.17. The molecule has 2 rings (SSSR count). The molecule has 4 nitrogen and oxygen atoms in total. The summed E-state index contributed by atoms with van der Waals surface area (Å²) in [6, 6.07) is 10.2. The van der Waals surface area contributed by atoms with Crippen molar-refractivity contribution in [2.45, 2.75) is 33.7 Å². The van der Waals surface area contributed by atoms with E-state index in [4.69, 9.17) is 12.2 Å². The van der Waals surface area contributed by atoms with Gasteiger partial charge < -0.3 is 10.6 Å². The number of hydrogen-bond donors (Lipinski definition) is 2. The lowest BCUT2D eigenvalue weighted by Crippen LogP contribution is -2.35. The van der Waals surface area contributed by atoms with E-state index in [1.165, 1.54) is 5.56 Å². The smallest absolute Gasteiger partial charge is 0.166 e. The molecule has 1 heterocycles. The normalized spacial score (nSPS) is 10.4. The molecular formula is C16H22N4S. The van der Waals surface area contributed by atoms with Crippen LogP contribution in [0.5, 0.6) is 0 Å². The first-order valence-corrected chi connectivity index (χ1v) is 7.66. The van der Waals surface area contributed by atoms with Crippen LogP contribution in [-0.4, -0.2) is 21.4 Å². The van der Waals surface area contributed by atoms with Gasteiger partial charge >= 0.3 is 0 Å². The Kier molecular flexibility index (Phi) is 5.33. The van der Waals surface area contributed by atoms with Crippen molar-refractivity contribution >= 4 is 17.3 Å². The maximum absolute atomic E-state index is 5.26. The van der Waals surface area contributed by atoms with E-state index in [-0.39, 0.29) is 0 Å². The van der Waals surface area contributed by atoms with Crippen LogP contribution in [-0.2, 0) is 6.54 Å². The molecule has 2 N–H and O–H groups in total. The lowest BCUT2D eigenvalue weighted by atomic mass is 10.2. The fourth-order valence-corrected chi connectivity index (χ4v) is 2.40. The van der Waals surface area contributed by atoms with Crippen LogP contribution in [0, 0.1) is 13.8 Å². The summed E-state index contributed by atoms with van der Waals surface area (Å²) < 4.78 is 1.98. The van der Waals surface area contributed by atoms with Gasteiger partial charge in [0.2, 0.25) is 0 Å². The minimum Gasteiger partial charge on any atom is -0.363 e. The summed E-state index contributed by atoms with van der Waals surface area (Å²) in [6.07, 6.45) is 1.06. The number of aryl methyl sites for hydroxylation is 1. The van der Waals surface area contributed by atoms with Crippen LogP contribution in [0.1, 0.15) is 30.3 Å². The molecule has 0 bridgehead atoms. The molecule has 0 amide bonds. The lowest BCUT2D eigenvalue weighted by molar-refractivity contribution is 0.794. The van der Waals surface area contributed by atoms with Crippen molar-refractivity contribution in [3.05, 3.63) is 47.3 Å². The average Bonchev–Trinajstić information content (AvgIpc) is 2.79. The first kappa shape index (κ1) is 15.5. The third-order valence-electron chi connectivity index (χ3n) is 3.40. The Labute approximate surface area is 131 Å². The molecule has 1 aromatic heterocycles. The SMILES string of the molecule is CCCNC(=S)NCc1c(C)nn(-c2ccccc2)c1C. The molecule has 0 atom stereocenters. The number of nitrogens with one attached hydrogen (secondary N) is 2. The van der Waals surface area contributed by atoms with Gasteiger partial charge in [0.15, 0.2) is 5.11 Å². The molecule has 0 aliphatic carbocycles. The van der Waals surface area contributed by atoms with Gasteiger partial charge in [-0.15, -0.1) is 0 Å². The van der Waals surface area contributed by atoms with Crippen LogP contribution in [0.2, 0.25) is 0 Å². The topological polar surface area (TPSA) is 41.9 Å². The molecule has 0 spiro atoms. The molecule has 1 aromatic carbocycles. The Balaban J connectivity index is 2.11. The minimum absolute atomic E-state index is 0.694. The maximum atomic E-state index is 5.26. The summed E-state index contributed by atoms with van der Waals surface area (Å²) in [5.41, 5.74) is 4.45. The zero-order chi connectivity index (χ0) is 15.2. The van der Waals surface area contributed by atoms with Crippen LogP contribution < -0.4 is 10.6 Å². The number of nitrogens with zero attached hydrogens (tertiary/aromatic N) is 2. The molecule has 21 heavy (non-hydrogen) atoms. The van der Waals surface area contributed by atoms with Crippen molar-refractivity contribution in [3.63, 3.8) is 0 Å². The molecule has 0 radical (unpaired) electrons. The number of rotatable bonds is 5. The molecule has 2 aromatic rings. The highest BCUT2D eigenvalue weighted by Gasteiger charge is 2.12. The minimum atomic E-state index is 0.694. The fourth-order valence-electron chi connectivity index (χ4n) is 2.22. The number of thiocarbonyl (C=S) groups is 1. The van der Waals surface area contributed by atoms with Crippen molar-refractivity contribution in [2.24, 2.45) is 0 Å². The van der Waals surface area contributed by atoms with Crippen molar-refractivity contribution in [3.8, 4) is 5.69 Å². The summed E-state index contributed by atoms with van der Waals surface area (Å²) in [5.74, 6) is 0. The maximum Gasteiger partial charge on any atom is 0.166 e. The summed E-state index contributed by atoms with van der Waals surface area (Å²) >= 11 is 5.26. The summed E-state index contributed by atoms with van der Waals surface area (Å²) in [6.45, 7) is 7.83. The second-order valence-corrected chi connectivity index (χ2v) is 5.41. The van der Waals surface area contributed by atoms with E-state index >= 15 is 0 Å². The number of para-hydroxylation sites is 1. The molecule has 0 saturated carbocycles. The van der Waals surface area contributed by atoms with Crippen molar-refractivity contribution in [1.82, 2.24) is 20.4 Å². The number of hydrogen-bond acceptors (Lipinski definition) is 2. The van der Waals surface area contributed by atoms with Crippen molar-refractivity contribution in [1.29, 1.82) is 0 Å². The first-order chi connectivity index (χ1) is 10.1. The van der Waals surface area contributed by atoms with E-state index in [0.29, 0.717) is 11.7 Å². The van der Waals surface area contributed by atoms with Crippen molar-refractivity contribution in [2.75, 3.05) is 6.54 Å². The number of benzene rings is 1. The van der Waals surface area contributed by atoms with Crippen LogP contribution in [0.25, 0.3) is 5.69 Å². The molecule has 0 saturated heterocycles. The van der Waals surface area contributed by atoms with E-state index in [0.717, 1.165) is 30.0 Å². The monoisotopic (exact) mass is 302 g/mol. The van der Waals surface area contributed by atoms with Gasteiger partial charge in [-0.05, 0) is 44.6 Å². The zero-order valence-electron chi connectivity index (χ0n) is 12.8. The predicted molar refractivity (Wildman–Crippen MR) is 90.8 cm³/mol. The molecule has 0 aliphatic heterocycles. The highest BCUT2D eigenvalue weighted by molar-refractivity contribution is 7.80. The van der Waals surface area contributed by atoms with Crippen LogP contribution in [0.3, 0.4) is 0 Å². The van der Waals surface area contributed by atoms with E-state index in [1.807, 2.05) is 29.8 Å². The van der Waals surface area contributed by atoms with Crippen LogP contribution >= 0.6 is 12.2 Å². The largest absolute Gasteiger partial charge is 0.363 e. The summed E-state index contributed by atoms with van der Waals surface area (Å²) in [7, 11) is 0. The van der Waals surface area contributed by atoms with E-state index in [1.54, 1.807) is 0 Å². The Morgan fingerprint density at radius 1 is 1.19 bits per heavy atom. The fraction of sp³-hybridized carbons (Fsp3) is 0.375. The van der Waals surface area contributed by atoms with Gasteiger partial charge in [0.05, 0.1) is 11.4 Å². The predicted octanol–water partition coefficient (Wildman–Crippen LogP) is 2.86. The zero-order valence-corrected chi connectivity index (χ0v) is 13.6. The Morgan fingerprint density at radius 2 is 1.90 bits per heavy atom. The second kappa shape index (κ2) is 7.22. The standard InChI is InChI=1S/C16H22N4S/c1-4-10-17-16(21)18-11-15-12(2)19-20(13(15)3)14-8-6-5-7-9-14/h5-9H,4,10-11H2,1-3H3,(H2,17,18,21). The third kappa shape index (κ3) is 3.82. The quantitative estimate of drug-likeness (QED) is 0.834. The molecule has 112 valence electrons. The third-order valence-corrected chi connectivity index (χ3v) is 3.69. The van der Waals surface area contributed by atoms with Gasteiger partial charge in [0.25, 0.3) is 0 Å². The molecule has 0 fully saturated rings. The Bertz CT molecular complexity index is 604. The van der Waals surface area contributed by atoms with Gasteiger partial charge in [0.1, 0.15) is 0 Å². The number of aromatic nitrogens is 2. The second-order valence-electron chi connectivity index (χ2n) is 5.01. The Morgan fingerprint density at radius 3 is 2.57 bits per heavy atom. The van der Waals surface area contributed by atoms with Gasteiger partial charge in [-0.2, -0.15) is 5.10 Å². The first-order valence-electron chi connectivity index (χ1n) is 7.25. The molecular weight excluding hydrogens is 280 g/mol. The molecule has 5 heteroatoms. The van der Waals surface area contributed by atoms with Crippen molar-refractivity contribution < 1.29 is 0 Å². The van der Waals surface area contributed by atoms with E-state index in [9.17, 15) is 0 Å². The molecule has 0 aliphatic rings. The Hall–Kier alpha value is -1.88. The molecule has 0 unspecified atom stereocenters. The average molecular weight is 302 g/mol. The van der Waals surface area contributed by atoms with Gasteiger partial charge in [-0.3, -0.25) is 0 Å². The van der Waals surface area contributed by atoms with Gasteiger partial charge in [-0.1, -0.05) is 25.1 Å². The van der Waals surface area contributed by atoms with E-state index in [2.05, 4.69) is 41.7 Å². The summed E-state index contributed by atoms with van der Waals surface area (Å²) in [5, 5.41) is 11.8. The van der Waals surface area contributed by atoms with Gasteiger partial charge in [-0.25, -0.2) is 4.68 Å². The van der Waals surface area contributed by atoms with Gasteiger partial charge in [0, 0.05) is 24.3 Å². The highest BCUT2D eigenvalue weighted by atomic mass is 32.1. The van der Waals surface area contributed by atoms with Crippen LogP contribution in [0.4, 0.5) is 0 Å².